The molecule has 0 radical (unpaired) electrons. The van der Waals surface area contributed by atoms with Gasteiger partial charge in [-0.25, -0.2) is 0 Å². The molecule has 1 aromatic rings. The quantitative estimate of drug-likeness (QED) is 0.879. The fourth-order valence-electron chi connectivity index (χ4n) is 1.92. The molecule has 0 aromatic heterocycles. The zero-order chi connectivity index (χ0) is 11.5. The van der Waals surface area contributed by atoms with Crippen molar-refractivity contribution in [3.8, 4) is 5.75 Å². The van der Waals surface area contributed by atoms with Gasteiger partial charge >= 0.3 is 0 Å². The summed E-state index contributed by atoms with van der Waals surface area (Å²) in [6, 6.07) is 3.61. The first kappa shape index (κ1) is 12.0. The second-order valence-electron chi connectivity index (χ2n) is 4.10. The lowest BCUT2D eigenvalue weighted by atomic mass is 10.1. The Labute approximate surface area is 106 Å². The molecule has 1 aromatic carbocycles. The second-order valence-corrected chi connectivity index (χ2v) is 4.94. The lowest BCUT2D eigenvalue weighted by Crippen LogP contribution is -2.34. The Bertz CT molecular complexity index is 352. The Kier molecular flexibility index (Phi) is 3.95. The molecule has 2 rings (SSSR count). The van der Waals surface area contributed by atoms with Crippen LogP contribution in [0.5, 0.6) is 5.75 Å². The summed E-state index contributed by atoms with van der Waals surface area (Å²) in [6.07, 6.45) is 2.31. The van der Waals surface area contributed by atoms with Crippen LogP contribution in [-0.4, -0.2) is 19.2 Å². The lowest BCUT2D eigenvalue weighted by Gasteiger charge is -2.25. The van der Waals surface area contributed by atoms with Crippen molar-refractivity contribution in [1.29, 1.82) is 0 Å². The van der Waals surface area contributed by atoms with Crippen LogP contribution in [0.15, 0.2) is 12.1 Å². The van der Waals surface area contributed by atoms with Gasteiger partial charge in [0.1, 0.15) is 11.9 Å². The van der Waals surface area contributed by atoms with Gasteiger partial charge in [-0.05, 0) is 50.6 Å². The van der Waals surface area contributed by atoms with E-state index in [4.69, 9.17) is 27.9 Å². The summed E-state index contributed by atoms with van der Waals surface area (Å²) in [5.41, 5.74) is 0.996. The minimum atomic E-state index is 0.263. The van der Waals surface area contributed by atoms with Gasteiger partial charge in [-0.1, -0.05) is 23.2 Å². The monoisotopic (exact) mass is 259 g/mol. The number of piperidine rings is 1. The number of hydrogen-bond donors (Lipinski definition) is 1. The third kappa shape index (κ3) is 2.82. The van der Waals surface area contributed by atoms with Crippen LogP contribution < -0.4 is 10.1 Å². The largest absolute Gasteiger partial charge is 0.488 e. The number of halogens is 2. The Morgan fingerprint density at radius 3 is 2.56 bits per heavy atom. The molecule has 1 heterocycles. The maximum absolute atomic E-state index is 6.13. The number of nitrogens with one attached hydrogen (secondary N) is 1. The highest BCUT2D eigenvalue weighted by Gasteiger charge is 2.17. The van der Waals surface area contributed by atoms with Crippen molar-refractivity contribution in [1.82, 2.24) is 5.32 Å². The summed E-state index contributed by atoms with van der Waals surface area (Å²) in [5.74, 6) is 0.776. The molecular formula is C12H15Cl2NO. The summed E-state index contributed by atoms with van der Waals surface area (Å²) in [6.45, 7) is 3.98. The standard InChI is InChI=1S/C12H15Cl2NO/c1-8-6-9(13)7-11(14)12(8)16-10-2-4-15-5-3-10/h6-7,10,15H,2-5H2,1H3. The molecule has 0 aliphatic carbocycles. The summed E-state index contributed by atoms with van der Waals surface area (Å²) in [7, 11) is 0. The zero-order valence-corrected chi connectivity index (χ0v) is 10.7. The Morgan fingerprint density at radius 2 is 1.94 bits per heavy atom. The zero-order valence-electron chi connectivity index (χ0n) is 9.22. The fraction of sp³-hybridized carbons (Fsp3) is 0.500. The van der Waals surface area contributed by atoms with Gasteiger partial charge in [0.2, 0.25) is 0 Å². The van der Waals surface area contributed by atoms with E-state index in [9.17, 15) is 0 Å². The van der Waals surface area contributed by atoms with E-state index >= 15 is 0 Å². The fourth-order valence-corrected chi connectivity index (χ4v) is 2.56. The molecule has 0 bridgehead atoms. The van der Waals surface area contributed by atoms with Gasteiger partial charge in [-0.15, -0.1) is 0 Å². The first-order valence-corrected chi connectivity index (χ1v) is 6.25. The number of rotatable bonds is 2. The molecule has 0 unspecified atom stereocenters. The molecule has 1 aliphatic heterocycles. The molecule has 0 atom stereocenters. The van der Waals surface area contributed by atoms with Crippen molar-refractivity contribution in [2.75, 3.05) is 13.1 Å². The van der Waals surface area contributed by atoms with Crippen LogP contribution in [0.1, 0.15) is 18.4 Å². The summed E-state index contributed by atoms with van der Waals surface area (Å²) in [5, 5.41) is 4.56. The molecule has 2 nitrogen and oxygen atoms in total. The summed E-state index contributed by atoms with van der Waals surface area (Å²) < 4.78 is 5.94. The van der Waals surface area contributed by atoms with E-state index in [0.717, 1.165) is 37.2 Å². The van der Waals surface area contributed by atoms with E-state index in [1.165, 1.54) is 0 Å². The molecule has 4 heteroatoms. The third-order valence-electron chi connectivity index (χ3n) is 2.76. The van der Waals surface area contributed by atoms with Crippen molar-refractivity contribution < 1.29 is 4.74 Å². The molecule has 1 N–H and O–H groups in total. The van der Waals surface area contributed by atoms with E-state index in [-0.39, 0.29) is 6.10 Å². The maximum atomic E-state index is 6.13. The normalized spacial score (nSPS) is 17.4. The highest BCUT2D eigenvalue weighted by atomic mass is 35.5. The highest BCUT2D eigenvalue weighted by Crippen LogP contribution is 2.33. The molecule has 88 valence electrons. The predicted octanol–water partition coefficient (Wildman–Crippen LogP) is 3.43. The van der Waals surface area contributed by atoms with Crippen LogP contribution in [0, 0.1) is 6.92 Å². The molecule has 0 spiro atoms. The minimum Gasteiger partial charge on any atom is -0.488 e. The maximum Gasteiger partial charge on any atom is 0.141 e. The van der Waals surface area contributed by atoms with Gasteiger partial charge in [-0.3, -0.25) is 0 Å². The molecule has 0 amide bonds. The summed E-state index contributed by atoms with van der Waals surface area (Å²) >= 11 is 12.0. The number of hydrogen-bond acceptors (Lipinski definition) is 2. The van der Waals surface area contributed by atoms with Gasteiger partial charge in [0.25, 0.3) is 0 Å². The van der Waals surface area contributed by atoms with E-state index < -0.39 is 0 Å². The van der Waals surface area contributed by atoms with Crippen molar-refractivity contribution in [3.63, 3.8) is 0 Å². The van der Waals surface area contributed by atoms with E-state index in [0.29, 0.717) is 10.0 Å². The molecule has 0 saturated carbocycles. The van der Waals surface area contributed by atoms with Crippen LogP contribution in [0.25, 0.3) is 0 Å². The smallest absolute Gasteiger partial charge is 0.141 e. The average Bonchev–Trinajstić information content (AvgIpc) is 2.25. The topological polar surface area (TPSA) is 21.3 Å². The highest BCUT2D eigenvalue weighted by molar-refractivity contribution is 6.35. The van der Waals surface area contributed by atoms with Crippen molar-refractivity contribution >= 4 is 23.2 Å². The van der Waals surface area contributed by atoms with Gasteiger partial charge in [0, 0.05) is 5.02 Å². The Morgan fingerprint density at radius 1 is 1.25 bits per heavy atom. The van der Waals surface area contributed by atoms with Crippen molar-refractivity contribution in [2.45, 2.75) is 25.9 Å². The number of aryl methyl sites for hydroxylation is 1. The van der Waals surface area contributed by atoms with Crippen LogP contribution in [0.3, 0.4) is 0 Å². The van der Waals surface area contributed by atoms with E-state index in [1.54, 1.807) is 6.07 Å². The van der Waals surface area contributed by atoms with Crippen LogP contribution >= 0.6 is 23.2 Å². The van der Waals surface area contributed by atoms with Gasteiger partial charge in [0.05, 0.1) is 5.02 Å². The van der Waals surface area contributed by atoms with Crippen LogP contribution in [0.4, 0.5) is 0 Å². The van der Waals surface area contributed by atoms with Gasteiger partial charge < -0.3 is 10.1 Å². The first-order chi connectivity index (χ1) is 7.66. The van der Waals surface area contributed by atoms with E-state index in [2.05, 4.69) is 5.32 Å². The SMILES string of the molecule is Cc1cc(Cl)cc(Cl)c1OC1CCNCC1. The Balaban J connectivity index is 2.14. The second kappa shape index (κ2) is 5.26. The summed E-state index contributed by atoms with van der Waals surface area (Å²) in [4.78, 5) is 0. The number of ether oxygens (including phenoxy) is 1. The van der Waals surface area contributed by atoms with Gasteiger partial charge in [-0.2, -0.15) is 0 Å². The lowest BCUT2D eigenvalue weighted by molar-refractivity contribution is 0.161. The molecule has 16 heavy (non-hydrogen) atoms. The van der Waals surface area contributed by atoms with Crippen LogP contribution in [-0.2, 0) is 0 Å². The molecule has 1 aliphatic rings. The van der Waals surface area contributed by atoms with Crippen molar-refractivity contribution in [3.05, 3.63) is 27.7 Å². The van der Waals surface area contributed by atoms with Crippen LogP contribution in [0.2, 0.25) is 10.0 Å². The van der Waals surface area contributed by atoms with E-state index in [1.807, 2.05) is 13.0 Å². The minimum absolute atomic E-state index is 0.263. The predicted molar refractivity (Wildman–Crippen MR) is 67.7 cm³/mol. The molecule has 1 fully saturated rings. The molecule has 1 saturated heterocycles. The van der Waals surface area contributed by atoms with Gasteiger partial charge in [0.15, 0.2) is 0 Å². The van der Waals surface area contributed by atoms with Crippen molar-refractivity contribution in [2.24, 2.45) is 0 Å². The molecular weight excluding hydrogens is 245 g/mol. The number of benzene rings is 1. The Hall–Kier alpha value is -0.440. The first-order valence-electron chi connectivity index (χ1n) is 5.50. The average molecular weight is 260 g/mol. The third-order valence-corrected chi connectivity index (χ3v) is 3.26.